The Morgan fingerprint density at radius 1 is 1.26 bits per heavy atom. The van der Waals surface area contributed by atoms with Gasteiger partial charge >= 0.3 is 0 Å². The van der Waals surface area contributed by atoms with E-state index in [1.165, 1.54) is 23.6 Å². The van der Waals surface area contributed by atoms with E-state index in [-0.39, 0.29) is 4.90 Å². The van der Waals surface area contributed by atoms with E-state index in [0.29, 0.717) is 12.5 Å². The van der Waals surface area contributed by atoms with Gasteiger partial charge in [-0.05, 0) is 17.0 Å². The molecule has 0 spiro atoms. The first kappa shape index (κ1) is 13.8. The highest BCUT2D eigenvalue weighted by Gasteiger charge is 2.11. The van der Waals surface area contributed by atoms with Crippen molar-refractivity contribution in [2.24, 2.45) is 0 Å². The van der Waals surface area contributed by atoms with Crippen molar-refractivity contribution in [3.63, 3.8) is 0 Å². The highest BCUT2D eigenvalue weighted by Crippen LogP contribution is 2.20. The van der Waals surface area contributed by atoms with Crippen LogP contribution in [0.3, 0.4) is 0 Å². The topological polar surface area (TPSA) is 52.0 Å². The van der Waals surface area contributed by atoms with E-state index in [9.17, 15) is 8.42 Å². The molecule has 19 heavy (non-hydrogen) atoms. The summed E-state index contributed by atoms with van der Waals surface area (Å²) in [4.78, 5) is 0.259. The number of hydrogen-bond acceptors (Lipinski definition) is 3. The summed E-state index contributed by atoms with van der Waals surface area (Å²) in [6.45, 7) is 4.87. The summed E-state index contributed by atoms with van der Waals surface area (Å²) < 4.78 is 24.5. The molecule has 1 aromatic heterocycles. The van der Waals surface area contributed by atoms with Crippen molar-refractivity contribution < 1.29 is 8.42 Å². The van der Waals surface area contributed by atoms with Crippen molar-refractivity contribution in [1.82, 2.24) is 9.78 Å². The van der Waals surface area contributed by atoms with Crippen LogP contribution in [0.4, 0.5) is 0 Å². The highest BCUT2D eigenvalue weighted by molar-refractivity contribution is 7.90. The number of aromatic nitrogens is 2. The molecular weight excluding hydrogens is 260 g/mol. The Balaban J connectivity index is 2.30. The molecule has 2 rings (SSSR count). The van der Waals surface area contributed by atoms with Gasteiger partial charge in [0.2, 0.25) is 0 Å². The lowest BCUT2D eigenvalue weighted by Gasteiger charge is -2.12. The van der Waals surface area contributed by atoms with Crippen LogP contribution in [0.25, 0.3) is 0 Å². The second-order valence-corrected chi connectivity index (χ2v) is 7.02. The maximum absolute atomic E-state index is 11.4. The second-order valence-electron chi connectivity index (χ2n) is 5.00. The quantitative estimate of drug-likeness (QED) is 0.863. The molecule has 2 aromatic rings. The zero-order valence-corrected chi connectivity index (χ0v) is 12.2. The minimum atomic E-state index is -3.18. The van der Waals surface area contributed by atoms with Gasteiger partial charge in [0.25, 0.3) is 0 Å². The largest absolute Gasteiger partial charge is 0.267 e. The third kappa shape index (κ3) is 3.23. The molecule has 102 valence electrons. The van der Waals surface area contributed by atoms with Crippen LogP contribution in [0.15, 0.2) is 41.6 Å². The molecule has 0 unspecified atom stereocenters. The number of sulfone groups is 1. The minimum Gasteiger partial charge on any atom is -0.267 e. The zero-order chi connectivity index (χ0) is 14.0. The lowest BCUT2D eigenvalue weighted by Crippen LogP contribution is -2.04. The van der Waals surface area contributed by atoms with E-state index >= 15 is 0 Å². The smallest absolute Gasteiger partial charge is 0.178 e. The van der Waals surface area contributed by atoms with Gasteiger partial charge in [0, 0.05) is 12.5 Å². The molecule has 0 aliphatic carbocycles. The fourth-order valence-electron chi connectivity index (χ4n) is 2.04. The van der Waals surface area contributed by atoms with Crippen molar-refractivity contribution in [3.05, 3.63) is 47.8 Å². The summed E-state index contributed by atoms with van der Waals surface area (Å²) in [6, 6.07) is 8.16. The Hall–Kier alpha value is -1.62. The van der Waals surface area contributed by atoms with Gasteiger partial charge in [0.1, 0.15) is 4.90 Å². The lowest BCUT2D eigenvalue weighted by atomic mass is 9.97. The Bertz CT molecular complexity index is 672. The number of rotatable bonds is 4. The zero-order valence-electron chi connectivity index (χ0n) is 11.4. The normalized spacial score (nSPS) is 12.0. The highest BCUT2D eigenvalue weighted by atomic mass is 32.2. The van der Waals surface area contributed by atoms with Gasteiger partial charge in [-0.2, -0.15) is 5.10 Å². The molecule has 1 heterocycles. The first-order valence-electron chi connectivity index (χ1n) is 6.18. The van der Waals surface area contributed by atoms with Crippen LogP contribution in [0.2, 0.25) is 0 Å². The van der Waals surface area contributed by atoms with Gasteiger partial charge < -0.3 is 0 Å². The van der Waals surface area contributed by atoms with E-state index in [2.05, 4.69) is 31.1 Å². The van der Waals surface area contributed by atoms with Crippen LogP contribution in [0.5, 0.6) is 0 Å². The molecule has 0 radical (unpaired) electrons. The fourth-order valence-corrected chi connectivity index (χ4v) is 2.59. The van der Waals surface area contributed by atoms with Gasteiger partial charge in [-0.15, -0.1) is 0 Å². The van der Waals surface area contributed by atoms with Crippen LogP contribution in [0.1, 0.15) is 30.9 Å². The summed E-state index contributed by atoms with van der Waals surface area (Å²) in [6.07, 6.45) is 4.16. The van der Waals surface area contributed by atoms with Crippen molar-refractivity contribution in [1.29, 1.82) is 0 Å². The lowest BCUT2D eigenvalue weighted by molar-refractivity contribution is 0.601. The van der Waals surface area contributed by atoms with E-state index in [1.807, 2.05) is 12.1 Å². The van der Waals surface area contributed by atoms with E-state index in [1.54, 1.807) is 10.9 Å². The van der Waals surface area contributed by atoms with Crippen LogP contribution in [0, 0.1) is 0 Å². The van der Waals surface area contributed by atoms with Gasteiger partial charge in [0.05, 0.1) is 12.7 Å². The van der Waals surface area contributed by atoms with E-state index in [4.69, 9.17) is 0 Å². The molecule has 4 nitrogen and oxygen atoms in total. The molecule has 0 bridgehead atoms. The Labute approximate surface area is 114 Å². The molecule has 0 atom stereocenters. The molecule has 0 aliphatic heterocycles. The third-order valence-electron chi connectivity index (χ3n) is 3.05. The number of benzene rings is 1. The number of nitrogens with zero attached hydrogens (tertiary/aromatic N) is 2. The van der Waals surface area contributed by atoms with Crippen molar-refractivity contribution in [3.8, 4) is 0 Å². The summed E-state index contributed by atoms with van der Waals surface area (Å²) in [5, 5.41) is 4.12. The maximum Gasteiger partial charge on any atom is 0.178 e. The second kappa shape index (κ2) is 5.17. The van der Waals surface area contributed by atoms with Crippen molar-refractivity contribution >= 4 is 9.84 Å². The van der Waals surface area contributed by atoms with Gasteiger partial charge in [-0.1, -0.05) is 38.1 Å². The van der Waals surface area contributed by atoms with Crippen LogP contribution in [-0.4, -0.2) is 24.5 Å². The Kier molecular flexibility index (Phi) is 3.75. The van der Waals surface area contributed by atoms with Crippen LogP contribution >= 0.6 is 0 Å². The van der Waals surface area contributed by atoms with Gasteiger partial charge in [0.15, 0.2) is 9.84 Å². The SMILES string of the molecule is CC(C)c1ccccc1Cn1cc(S(C)(=O)=O)cn1. The summed E-state index contributed by atoms with van der Waals surface area (Å²) in [5.41, 5.74) is 2.43. The van der Waals surface area contributed by atoms with Crippen molar-refractivity contribution in [2.75, 3.05) is 6.26 Å². The first-order valence-corrected chi connectivity index (χ1v) is 8.07. The molecule has 0 N–H and O–H groups in total. The van der Waals surface area contributed by atoms with Crippen LogP contribution in [-0.2, 0) is 16.4 Å². The van der Waals surface area contributed by atoms with Crippen molar-refractivity contribution in [2.45, 2.75) is 31.2 Å². The molecular formula is C14H18N2O2S. The van der Waals surface area contributed by atoms with Crippen LogP contribution < -0.4 is 0 Å². The molecule has 0 aliphatic rings. The van der Waals surface area contributed by atoms with E-state index < -0.39 is 9.84 Å². The van der Waals surface area contributed by atoms with E-state index in [0.717, 1.165) is 0 Å². The maximum atomic E-state index is 11.4. The molecule has 0 amide bonds. The Morgan fingerprint density at radius 3 is 2.53 bits per heavy atom. The average Bonchev–Trinajstić information content (AvgIpc) is 2.77. The molecule has 1 aromatic carbocycles. The average molecular weight is 278 g/mol. The van der Waals surface area contributed by atoms with Gasteiger partial charge in [-0.3, -0.25) is 4.68 Å². The minimum absolute atomic E-state index is 0.259. The standard InChI is InChI=1S/C14H18N2O2S/c1-11(2)14-7-5-4-6-12(14)9-16-10-13(8-15-16)19(3,17)18/h4-8,10-11H,9H2,1-3H3. The Morgan fingerprint density at radius 2 is 1.95 bits per heavy atom. The number of hydrogen-bond donors (Lipinski definition) is 0. The fraction of sp³-hybridized carbons (Fsp3) is 0.357. The first-order chi connectivity index (χ1) is 8.88. The molecule has 0 fully saturated rings. The molecule has 5 heteroatoms. The molecule has 0 saturated heterocycles. The summed E-state index contributed by atoms with van der Waals surface area (Å²) in [5.74, 6) is 0.432. The molecule has 0 saturated carbocycles. The summed E-state index contributed by atoms with van der Waals surface area (Å²) in [7, 11) is -3.18. The monoisotopic (exact) mass is 278 g/mol. The van der Waals surface area contributed by atoms with Gasteiger partial charge in [-0.25, -0.2) is 8.42 Å². The third-order valence-corrected chi connectivity index (χ3v) is 4.11. The summed E-state index contributed by atoms with van der Waals surface area (Å²) >= 11 is 0. The predicted molar refractivity (Wildman–Crippen MR) is 75.0 cm³/mol. The predicted octanol–water partition coefficient (Wildman–Crippen LogP) is 2.46.